The molecule has 1 N–H and O–H groups in total. The molecule has 1 saturated carbocycles. The van der Waals surface area contributed by atoms with E-state index < -0.39 is 0 Å². The highest BCUT2D eigenvalue weighted by molar-refractivity contribution is 4.87. The fraction of sp³-hybridized carbons (Fsp3) is 1.00. The van der Waals surface area contributed by atoms with Gasteiger partial charge in [0.15, 0.2) is 0 Å². The van der Waals surface area contributed by atoms with Crippen LogP contribution in [0.4, 0.5) is 0 Å². The average molecular weight is 210 g/mol. The van der Waals surface area contributed by atoms with Crippen LogP contribution in [0.15, 0.2) is 0 Å². The molecule has 0 aromatic carbocycles. The Bertz CT molecular complexity index is 203. The van der Waals surface area contributed by atoms with Gasteiger partial charge in [-0.2, -0.15) is 0 Å². The molecule has 15 heavy (non-hydrogen) atoms. The van der Waals surface area contributed by atoms with Crippen molar-refractivity contribution < 1.29 is 0 Å². The Kier molecular flexibility index (Phi) is 3.36. The topological polar surface area (TPSA) is 15.3 Å². The Balaban J connectivity index is 1.75. The van der Waals surface area contributed by atoms with Gasteiger partial charge in [-0.25, -0.2) is 0 Å². The monoisotopic (exact) mass is 210 g/mol. The van der Waals surface area contributed by atoms with Crippen LogP contribution >= 0.6 is 0 Å². The molecule has 0 radical (unpaired) electrons. The van der Waals surface area contributed by atoms with E-state index in [9.17, 15) is 0 Å². The molecule has 0 aromatic rings. The molecule has 1 heterocycles. The molecular weight excluding hydrogens is 184 g/mol. The summed E-state index contributed by atoms with van der Waals surface area (Å²) in [5.74, 6) is 1.08. The Hall–Kier alpha value is -0.0800. The first-order chi connectivity index (χ1) is 7.05. The number of rotatable bonds is 3. The minimum Gasteiger partial charge on any atom is -0.311 e. The van der Waals surface area contributed by atoms with Crippen molar-refractivity contribution >= 4 is 0 Å². The summed E-state index contributed by atoms with van der Waals surface area (Å²) in [4.78, 5) is 2.66. The molecule has 2 heteroatoms. The molecule has 0 bridgehead atoms. The highest BCUT2D eigenvalue weighted by atomic mass is 15.2. The van der Waals surface area contributed by atoms with Crippen LogP contribution in [0.2, 0.25) is 0 Å². The molecule has 1 atom stereocenters. The number of nitrogens with one attached hydrogen (secondary N) is 1. The van der Waals surface area contributed by atoms with Crippen LogP contribution in [-0.4, -0.2) is 37.1 Å². The second-order valence-electron chi connectivity index (χ2n) is 6.41. The van der Waals surface area contributed by atoms with Gasteiger partial charge in [0.2, 0.25) is 0 Å². The maximum Gasteiger partial charge on any atom is 0.0244 e. The molecule has 2 aliphatic rings. The van der Waals surface area contributed by atoms with Crippen molar-refractivity contribution in [1.82, 2.24) is 10.2 Å². The van der Waals surface area contributed by atoms with Crippen LogP contribution in [0.5, 0.6) is 0 Å². The van der Waals surface area contributed by atoms with Gasteiger partial charge in [-0.15, -0.1) is 0 Å². The zero-order valence-electron chi connectivity index (χ0n) is 10.6. The van der Waals surface area contributed by atoms with Crippen molar-refractivity contribution in [3.63, 3.8) is 0 Å². The van der Waals surface area contributed by atoms with Gasteiger partial charge in [-0.05, 0) is 24.3 Å². The van der Waals surface area contributed by atoms with Crippen LogP contribution in [-0.2, 0) is 0 Å². The minimum atomic E-state index is 0.401. The fourth-order valence-corrected chi connectivity index (χ4v) is 2.37. The zero-order chi connectivity index (χ0) is 10.9. The van der Waals surface area contributed by atoms with E-state index in [2.05, 4.69) is 31.0 Å². The molecule has 2 rings (SSSR count). The maximum atomic E-state index is 3.65. The van der Waals surface area contributed by atoms with Crippen LogP contribution in [0.3, 0.4) is 0 Å². The summed E-state index contributed by atoms with van der Waals surface area (Å²) < 4.78 is 0. The van der Waals surface area contributed by atoms with Crippen molar-refractivity contribution in [2.75, 3.05) is 26.2 Å². The third kappa shape index (κ3) is 3.46. The largest absolute Gasteiger partial charge is 0.311 e. The zero-order valence-corrected chi connectivity index (χ0v) is 10.6. The van der Waals surface area contributed by atoms with E-state index in [-0.39, 0.29) is 0 Å². The van der Waals surface area contributed by atoms with Crippen molar-refractivity contribution in [2.24, 2.45) is 11.3 Å². The molecule has 0 spiro atoms. The van der Waals surface area contributed by atoms with E-state index >= 15 is 0 Å². The van der Waals surface area contributed by atoms with Gasteiger partial charge in [0.05, 0.1) is 0 Å². The van der Waals surface area contributed by atoms with Gasteiger partial charge in [-0.3, -0.25) is 0 Å². The van der Waals surface area contributed by atoms with Crippen LogP contribution in [0.25, 0.3) is 0 Å². The van der Waals surface area contributed by atoms with Crippen LogP contribution < -0.4 is 5.32 Å². The summed E-state index contributed by atoms with van der Waals surface area (Å²) in [5, 5.41) is 3.65. The number of hydrogen-bond acceptors (Lipinski definition) is 2. The molecule has 2 nitrogen and oxygen atoms in total. The molecule has 0 amide bonds. The molecule has 1 aliphatic carbocycles. The summed E-state index contributed by atoms with van der Waals surface area (Å²) >= 11 is 0. The lowest BCUT2D eigenvalue weighted by atomic mass is 9.85. The van der Waals surface area contributed by atoms with E-state index in [0.717, 1.165) is 5.92 Å². The van der Waals surface area contributed by atoms with Crippen LogP contribution in [0, 0.1) is 11.3 Å². The van der Waals surface area contributed by atoms with Crippen molar-refractivity contribution in [3.05, 3.63) is 0 Å². The predicted octanol–water partition coefficient (Wildman–Crippen LogP) is 2.11. The van der Waals surface area contributed by atoms with Gasteiger partial charge >= 0.3 is 0 Å². The minimum absolute atomic E-state index is 0.401. The van der Waals surface area contributed by atoms with Crippen molar-refractivity contribution in [1.29, 1.82) is 0 Å². The highest BCUT2D eigenvalue weighted by Gasteiger charge is 2.30. The second-order valence-corrected chi connectivity index (χ2v) is 6.41. The molecule has 2 fully saturated rings. The average Bonchev–Trinajstić information content (AvgIpc) is 2.97. The molecule has 1 unspecified atom stereocenters. The second kappa shape index (κ2) is 4.42. The molecule has 0 aromatic heterocycles. The van der Waals surface area contributed by atoms with Gasteiger partial charge < -0.3 is 10.2 Å². The van der Waals surface area contributed by atoms with E-state index in [1.807, 2.05) is 0 Å². The quantitative estimate of drug-likeness (QED) is 0.767. The van der Waals surface area contributed by atoms with E-state index in [0.29, 0.717) is 11.5 Å². The third-order valence-corrected chi connectivity index (χ3v) is 3.86. The number of hydrogen-bond donors (Lipinski definition) is 1. The highest BCUT2D eigenvalue weighted by Crippen LogP contribution is 2.32. The van der Waals surface area contributed by atoms with E-state index in [4.69, 9.17) is 0 Å². The van der Waals surface area contributed by atoms with Crippen LogP contribution in [0.1, 0.15) is 40.0 Å². The summed E-state index contributed by atoms with van der Waals surface area (Å²) in [6.07, 6.45) is 4.43. The summed E-state index contributed by atoms with van der Waals surface area (Å²) in [7, 11) is 0. The lowest BCUT2D eigenvalue weighted by Gasteiger charge is -2.40. The normalized spacial score (nSPS) is 29.4. The SMILES string of the molecule is CC(C)(C)C1CN(CCC2CC2)CCN1. The van der Waals surface area contributed by atoms with Gasteiger partial charge in [0.25, 0.3) is 0 Å². The summed E-state index contributed by atoms with van der Waals surface area (Å²) in [5.41, 5.74) is 0.401. The lowest BCUT2D eigenvalue weighted by Crippen LogP contribution is -2.55. The lowest BCUT2D eigenvalue weighted by molar-refractivity contribution is 0.132. The maximum absolute atomic E-state index is 3.65. The Morgan fingerprint density at radius 1 is 1.27 bits per heavy atom. The number of nitrogens with zero attached hydrogens (tertiary/aromatic N) is 1. The van der Waals surface area contributed by atoms with Crippen molar-refractivity contribution in [2.45, 2.75) is 46.1 Å². The van der Waals surface area contributed by atoms with E-state index in [1.54, 1.807) is 0 Å². The number of piperazine rings is 1. The first-order valence-electron chi connectivity index (χ1n) is 6.51. The smallest absolute Gasteiger partial charge is 0.0244 e. The first-order valence-corrected chi connectivity index (χ1v) is 6.51. The Morgan fingerprint density at radius 3 is 2.60 bits per heavy atom. The molecule has 1 saturated heterocycles. The fourth-order valence-electron chi connectivity index (χ4n) is 2.37. The van der Waals surface area contributed by atoms with Gasteiger partial charge in [0.1, 0.15) is 0 Å². The first kappa shape index (κ1) is 11.4. The van der Waals surface area contributed by atoms with Gasteiger partial charge in [0, 0.05) is 25.7 Å². The molecular formula is C13H26N2. The standard InChI is InChI=1S/C13H26N2/c1-13(2,3)12-10-15(9-7-14-12)8-6-11-4-5-11/h11-12,14H,4-10H2,1-3H3. The molecule has 1 aliphatic heterocycles. The van der Waals surface area contributed by atoms with Crippen molar-refractivity contribution in [3.8, 4) is 0 Å². The predicted molar refractivity (Wildman–Crippen MR) is 65.0 cm³/mol. The summed E-state index contributed by atoms with van der Waals surface area (Å²) in [6, 6.07) is 0.672. The Morgan fingerprint density at radius 2 is 2.00 bits per heavy atom. The summed E-state index contributed by atoms with van der Waals surface area (Å²) in [6.45, 7) is 12.0. The van der Waals surface area contributed by atoms with Gasteiger partial charge in [-0.1, -0.05) is 33.6 Å². The molecule has 88 valence electrons. The third-order valence-electron chi connectivity index (χ3n) is 3.86. The van der Waals surface area contributed by atoms with E-state index in [1.165, 1.54) is 45.4 Å². The Labute approximate surface area is 94.4 Å².